The van der Waals surface area contributed by atoms with Gasteiger partial charge in [0.2, 0.25) is 0 Å². The number of fused-ring (bicyclic) bond motifs is 2. The third kappa shape index (κ3) is 2.50. The maximum atomic E-state index is 9.49. The topological polar surface area (TPSA) is 56.3 Å². The minimum atomic E-state index is 0.182. The lowest BCUT2D eigenvalue weighted by atomic mass is 9.54. The molecule has 4 atom stereocenters. The molecular formula is C20H20N4. The SMILES string of the molecule is [C-]#[N+]C(C#N)=C1C2CCCCC2C(=C(C#N)[N+]#[C-])C2CCCCC12. The molecular weight excluding hydrogens is 296 g/mol. The van der Waals surface area contributed by atoms with Gasteiger partial charge in [-0.3, -0.25) is 0 Å². The van der Waals surface area contributed by atoms with E-state index in [0.717, 1.165) is 62.5 Å². The van der Waals surface area contributed by atoms with Crippen molar-refractivity contribution >= 4 is 0 Å². The van der Waals surface area contributed by atoms with E-state index >= 15 is 0 Å². The molecule has 0 spiro atoms. The van der Waals surface area contributed by atoms with Gasteiger partial charge in [0.05, 0.1) is 25.3 Å². The fourth-order valence-electron chi connectivity index (χ4n) is 5.31. The van der Waals surface area contributed by atoms with Gasteiger partial charge in [0.25, 0.3) is 11.4 Å². The van der Waals surface area contributed by atoms with Crippen LogP contribution in [-0.4, -0.2) is 0 Å². The number of rotatable bonds is 0. The number of nitriles is 2. The lowest BCUT2D eigenvalue weighted by Crippen LogP contribution is -2.40. The van der Waals surface area contributed by atoms with Crippen molar-refractivity contribution in [3.8, 4) is 12.1 Å². The Morgan fingerprint density at radius 1 is 0.708 bits per heavy atom. The van der Waals surface area contributed by atoms with Crippen LogP contribution in [-0.2, 0) is 0 Å². The minimum absolute atomic E-state index is 0.182. The summed E-state index contributed by atoms with van der Waals surface area (Å²) in [6.07, 6.45) is 8.32. The van der Waals surface area contributed by atoms with Gasteiger partial charge in [0.1, 0.15) is 0 Å². The van der Waals surface area contributed by atoms with Gasteiger partial charge in [0.15, 0.2) is 0 Å². The predicted molar refractivity (Wildman–Crippen MR) is 89.4 cm³/mol. The van der Waals surface area contributed by atoms with Crippen LogP contribution in [0, 0.1) is 59.5 Å². The van der Waals surface area contributed by atoms with Gasteiger partial charge in [-0.05, 0) is 60.5 Å². The number of hydrogen-bond acceptors (Lipinski definition) is 2. The molecule has 3 rings (SSSR count). The summed E-state index contributed by atoms with van der Waals surface area (Å²) in [5, 5.41) is 19.0. The molecule has 0 aromatic heterocycles. The van der Waals surface area contributed by atoms with Crippen molar-refractivity contribution in [3.05, 3.63) is 45.4 Å². The smallest absolute Gasteiger partial charge is 0.227 e. The summed E-state index contributed by atoms with van der Waals surface area (Å²) in [6, 6.07) is 4.29. The lowest BCUT2D eigenvalue weighted by Gasteiger charge is -2.50. The molecule has 120 valence electrons. The molecule has 0 amide bonds. The normalized spacial score (nSPS) is 31.3. The standard InChI is InChI=1S/C20H20N4/c1-23-17(11-21)19-13-7-3-5-9-15(13)20(18(12-22)24-2)16-10-6-4-8-14(16)19/h13-16H,3-10H2. The highest BCUT2D eigenvalue weighted by Crippen LogP contribution is 2.57. The third-order valence-corrected chi connectivity index (χ3v) is 6.11. The minimum Gasteiger partial charge on any atom is -0.227 e. The monoisotopic (exact) mass is 316 g/mol. The van der Waals surface area contributed by atoms with E-state index in [1.165, 1.54) is 0 Å². The molecule has 3 aliphatic rings. The first-order valence-electron chi connectivity index (χ1n) is 8.80. The third-order valence-electron chi connectivity index (χ3n) is 6.11. The first kappa shape index (κ1) is 16.3. The molecule has 0 aromatic carbocycles. The highest BCUT2D eigenvalue weighted by molar-refractivity contribution is 5.46. The Hall–Kier alpha value is -2.56. The maximum Gasteiger partial charge on any atom is 0.261 e. The highest BCUT2D eigenvalue weighted by Gasteiger charge is 2.47. The van der Waals surface area contributed by atoms with Gasteiger partial charge < -0.3 is 0 Å². The van der Waals surface area contributed by atoms with Gasteiger partial charge in [-0.1, -0.05) is 25.7 Å². The molecule has 0 aromatic rings. The van der Waals surface area contributed by atoms with E-state index in [9.17, 15) is 10.5 Å². The fourth-order valence-corrected chi connectivity index (χ4v) is 5.31. The zero-order valence-corrected chi connectivity index (χ0v) is 13.8. The number of allylic oxidation sites excluding steroid dienone is 4. The quantitative estimate of drug-likeness (QED) is 0.466. The van der Waals surface area contributed by atoms with E-state index in [2.05, 4.69) is 21.8 Å². The average molecular weight is 316 g/mol. The Morgan fingerprint density at radius 2 is 1.00 bits per heavy atom. The highest BCUT2D eigenvalue weighted by atomic mass is 14.7. The predicted octanol–water partition coefficient (Wildman–Crippen LogP) is 5.01. The second-order valence-electron chi connectivity index (χ2n) is 7.05. The van der Waals surface area contributed by atoms with Crippen molar-refractivity contribution in [3.63, 3.8) is 0 Å². The molecule has 0 bridgehead atoms. The van der Waals surface area contributed by atoms with Gasteiger partial charge >= 0.3 is 0 Å². The van der Waals surface area contributed by atoms with Gasteiger partial charge in [-0.2, -0.15) is 0 Å². The van der Waals surface area contributed by atoms with Crippen molar-refractivity contribution in [2.75, 3.05) is 0 Å². The van der Waals surface area contributed by atoms with E-state index in [1.54, 1.807) is 0 Å². The summed E-state index contributed by atoms with van der Waals surface area (Å²) in [4.78, 5) is 7.10. The van der Waals surface area contributed by atoms with Crippen LogP contribution in [0.4, 0.5) is 0 Å². The van der Waals surface area contributed by atoms with Crippen LogP contribution in [0.1, 0.15) is 51.4 Å². The zero-order valence-electron chi connectivity index (χ0n) is 13.8. The first-order valence-corrected chi connectivity index (χ1v) is 8.80. The van der Waals surface area contributed by atoms with Crippen molar-refractivity contribution in [1.82, 2.24) is 0 Å². The van der Waals surface area contributed by atoms with Crippen molar-refractivity contribution in [2.24, 2.45) is 23.7 Å². The summed E-state index contributed by atoms with van der Waals surface area (Å²) >= 11 is 0. The van der Waals surface area contributed by atoms with E-state index in [4.69, 9.17) is 13.1 Å². The summed E-state index contributed by atoms with van der Waals surface area (Å²) in [6.45, 7) is 14.9. The molecule has 0 saturated heterocycles. The van der Waals surface area contributed by atoms with Crippen LogP contribution in [0.2, 0.25) is 0 Å². The molecule has 4 unspecified atom stereocenters. The number of nitrogens with zero attached hydrogens (tertiary/aromatic N) is 4. The van der Waals surface area contributed by atoms with Crippen molar-refractivity contribution in [2.45, 2.75) is 51.4 Å². The Labute approximate surface area is 143 Å². The molecule has 0 heterocycles. The summed E-state index contributed by atoms with van der Waals surface area (Å²) in [5.74, 6) is 0.729. The van der Waals surface area contributed by atoms with Gasteiger partial charge in [0, 0.05) is 0 Å². The molecule has 0 radical (unpaired) electrons. The lowest BCUT2D eigenvalue weighted by molar-refractivity contribution is 0.171. The summed E-state index contributed by atoms with van der Waals surface area (Å²) < 4.78 is 0. The Kier molecular flexibility index (Phi) is 4.69. The van der Waals surface area contributed by atoms with E-state index < -0.39 is 0 Å². The molecule has 0 N–H and O–H groups in total. The number of hydrogen-bond donors (Lipinski definition) is 0. The first-order chi connectivity index (χ1) is 11.8. The molecule has 4 nitrogen and oxygen atoms in total. The van der Waals surface area contributed by atoms with Crippen LogP contribution >= 0.6 is 0 Å². The van der Waals surface area contributed by atoms with Gasteiger partial charge in [-0.15, -0.1) is 0 Å². The molecule has 3 aliphatic carbocycles. The van der Waals surface area contributed by atoms with Crippen LogP contribution in [0.15, 0.2) is 22.5 Å². The Balaban J connectivity index is 2.23. The summed E-state index contributed by atoms with van der Waals surface area (Å²) in [7, 11) is 0. The molecule has 3 saturated carbocycles. The van der Waals surface area contributed by atoms with Crippen LogP contribution in [0.3, 0.4) is 0 Å². The van der Waals surface area contributed by atoms with E-state index in [-0.39, 0.29) is 35.1 Å². The van der Waals surface area contributed by atoms with Crippen molar-refractivity contribution in [1.29, 1.82) is 10.5 Å². The molecule has 4 heteroatoms. The fraction of sp³-hybridized carbons (Fsp3) is 0.600. The molecule has 0 aliphatic heterocycles. The Bertz CT molecular complexity index is 633. The molecule has 24 heavy (non-hydrogen) atoms. The molecule has 3 fully saturated rings. The van der Waals surface area contributed by atoms with E-state index in [1.807, 2.05) is 0 Å². The van der Waals surface area contributed by atoms with E-state index in [0.29, 0.717) is 0 Å². The van der Waals surface area contributed by atoms with Crippen LogP contribution in [0.25, 0.3) is 9.69 Å². The van der Waals surface area contributed by atoms with Crippen LogP contribution in [0.5, 0.6) is 0 Å². The maximum absolute atomic E-state index is 9.49. The Morgan fingerprint density at radius 3 is 1.21 bits per heavy atom. The van der Waals surface area contributed by atoms with Crippen molar-refractivity contribution < 1.29 is 0 Å². The second kappa shape index (κ2) is 6.91. The zero-order chi connectivity index (χ0) is 17.1. The van der Waals surface area contributed by atoms with Gasteiger partial charge in [-0.25, -0.2) is 20.2 Å². The average Bonchev–Trinajstić information content (AvgIpc) is 2.64. The second-order valence-corrected chi connectivity index (χ2v) is 7.05. The summed E-state index contributed by atoms with van der Waals surface area (Å²) in [5.41, 5.74) is 2.69. The largest absolute Gasteiger partial charge is 0.261 e. The van der Waals surface area contributed by atoms with Crippen LogP contribution < -0.4 is 0 Å².